The molecule has 11 heteroatoms. The lowest BCUT2D eigenvalue weighted by Crippen LogP contribution is -2.24. The van der Waals surface area contributed by atoms with Crippen molar-refractivity contribution in [3.05, 3.63) is 54.6 Å². The van der Waals surface area contributed by atoms with Crippen molar-refractivity contribution < 1.29 is 39.8 Å². The Morgan fingerprint density at radius 2 is 1.11 bits per heavy atom. The third kappa shape index (κ3) is 4.89. The van der Waals surface area contributed by atoms with Crippen molar-refractivity contribution in [2.45, 2.75) is 13.0 Å². The normalized spacial score (nSPS) is 11.6. The zero-order valence-corrected chi connectivity index (χ0v) is 19.1. The summed E-state index contributed by atoms with van der Waals surface area (Å²) in [6.07, 6.45) is -0.912. The molecule has 3 aromatic carbocycles. The highest BCUT2D eigenvalue weighted by atomic mass is 16.6. The molecule has 0 spiro atoms. The third-order valence-corrected chi connectivity index (χ3v) is 5.14. The summed E-state index contributed by atoms with van der Waals surface area (Å²) >= 11 is 0. The Bertz CT molecular complexity index is 1390. The van der Waals surface area contributed by atoms with E-state index >= 15 is 0 Å². The fourth-order valence-corrected chi connectivity index (χ4v) is 3.35. The molecule has 184 valence electrons. The van der Waals surface area contributed by atoms with Crippen LogP contribution in [0.5, 0.6) is 34.5 Å². The average molecular weight is 491 g/mol. The molecule has 1 unspecified atom stereocenters. The van der Waals surface area contributed by atoms with Crippen LogP contribution in [0.1, 0.15) is 6.92 Å². The summed E-state index contributed by atoms with van der Waals surface area (Å²) in [6, 6.07) is 11.9. The summed E-state index contributed by atoms with van der Waals surface area (Å²) < 4.78 is 10.1. The number of hydrogen-bond acceptors (Lipinski definition) is 11. The molecule has 0 amide bonds. The van der Waals surface area contributed by atoms with Gasteiger partial charge in [0.1, 0.15) is 34.5 Å². The summed E-state index contributed by atoms with van der Waals surface area (Å²) in [5.74, 6) is -1.68. The number of nitrogens with zero attached hydrogens (tertiary/aromatic N) is 3. The maximum absolute atomic E-state index is 11.6. The number of methoxy groups -OCH3 is 1. The van der Waals surface area contributed by atoms with Gasteiger partial charge in [0.2, 0.25) is 0 Å². The number of ether oxygens (including phenoxy) is 2. The van der Waals surface area contributed by atoms with E-state index in [9.17, 15) is 30.3 Å². The Balaban J connectivity index is 1.84. The molecule has 11 nitrogen and oxygen atoms in total. The lowest BCUT2D eigenvalue weighted by molar-refractivity contribution is -0.147. The van der Waals surface area contributed by atoms with Gasteiger partial charge in [-0.2, -0.15) is 0 Å². The first-order chi connectivity index (χ1) is 17.2. The van der Waals surface area contributed by atoms with Crippen molar-refractivity contribution in [1.82, 2.24) is 15.0 Å². The fraction of sp³-hybridized carbons (Fsp3) is 0.120. The molecular weight excluding hydrogens is 470 g/mol. The summed E-state index contributed by atoms with van der Waals surface area (Å²) in [5.41, 5.74) is 0.471. The first kappa shape index (κ1) is 24.1. The van der Waals surface area contributed by atoms with Crippen LogP contribution in [0.4, 0.5) is 0 Å². The Kier molecular flexibility index (Phi) is 6.46. The van der Waals surface area contributed by atoms with E-state index < -0.39 is 12.1 Å². The minimum Gasteiger partial charge on any atom is -0.508 e. The summed E-state index contributed by atoms with van der Waals surface area (Å²) in [7, 11) is 1.23. The van der Waals surface area contributed by atoms with Crippen molar-refractivity contribution in [2.24, 2.45) is 0 Å². The second-order valence-corrected chi connectivity index (χ2v) is 7.67. The van der Waals surface area contributed by atoms with Gasteiger partial charge in [-0.3, -0.25) is 0 Å². The smallest absolute Gasteiger partial charge is 0.346 e. The van der Waals surface area contributed by atoms with Crippen LogP contribution in [0.3, 0.4) is 0 Å². The monoisotopic (exact) mass is 491 g/mol. The van der Waals surface area contributed by atoms with Crippen LogP contribution in [0.25, 0.3) is 34.2 Å². The van der Waals surface area contributed by atoms with Gasteiger partial charge in [0.05, 0.1) is 23.8 Å². The fourth-order valence-electron chi connectivity index (χ4n) is 3.35. The highest BCUT2D eigenvalue weighted by Gasteiger charge is 2.20. The number of phenols is 5. The first-order valence-electron chi connectivity index (χ1n) is 10.5. The van der Waals surface area contributed by atoms with Gasteiger partial charge in [-0.15, -0.1) is 0 Å². The topological polar surface area (TPSA) is 175 Å². The lowest BCUT2D eigenvalue weighted by Gasteiger charge is -2.14. The SMILES string of the molecule is COC(=O)C(C)Oc1ccc(-c2nc(-c3ccc(O)cc3O)nc(-c3ccc(O)cc3O)n2)c(O)c1. The van der Waals surface area contributed by atoms with Crippen LogP contribution in [-0.2, 0) is 9.53 Å². The Hall–Kier alpha value is -5.06. The molecule has 0 fully saturated rings. The minimum absolute atomic E-state index is 0.0139. The van der Waals surface area contributed by atoms with Crippen LogP contribution in [0.15, 0.2) is 54.6 Å². The van der Waals surface area contributed by atoms with Crippen LogP contribution in [0, 0.1) is 0 Å². The molecule has 0 aliphatic rings. The van der Waals surface area contributed by atoms with E-state index in [2.05, 4.69) is 19.7 Å². The molecule has 1 atom stereocenters. The number of benzene rings is 3. The third-order valence-electron chi connectivity index (χ3n) is 5.14. The average Bonchev–Trinajstić information content (AvgIpc) is 2.83. The molecule has 0 saturated heterocycles. The standard InChI is InChI=1S/C25H21N3O8/c1-12(25(34)35-2)36-15-5-8-18(21(33)11-15)24-27-22(16-6-3-13(29)9-19(16)31)26-23(28-24)17-7-4-14(30)10-20(17)32/h3-12,29-33H,1-2H3. The zero-order chi connectivity index (χ0) is 26.0. The molecule has 0 bridgehead atoms. The Morgan fingerprint density at radius 1 is 0.694 bits per heavy atom. The molecule has 0 radical (unpaired) electrons. The number of carbonyl (C=O) groups excluding carboxylic acids is 1. The number of phenolic OH excluding ortho intramolecular Hbond substituents is 5. The first-order valence-corrected chi connectivity index (χ1v) is 10.5. The molecule has 5 N–H and O–H groups in total. The molecular formula is C25H21N3O8. The number of aromatic nitrogens is 3. The zero-order valence-electron chi connectivity index (χ0n) is 19.1. The number of aromatic hydroxyl groups is 5. The van der Waals surface area contributed by atoms with E-state index in [1.165, 1.54) is 56.5 Å². The van der Waals surface area contributed by atoms with Gasteiger partial charge in [0.25, 0.3) is 0 Å². The Labute approximate surface area is 204 Å². The van der Waals surface area contributed by atoms with Gasteiger partial charge in [0, 0.05) is 18.2 Å². The number of rotatable bonds is 6. The lowest BCUT2D eigenvalue weighted by atomic mass is 10.1. The largest absolute Gasteiger partial charge is 0.508 e. The molecule has 36 heavy (non-hydrogen) atoms. The summed E-state index contributed by atoms with van der Waals surface area (Å²) in [6.45, 7) is 1.50. The van der Waals surface area contributed by atoms with Crippen LogP contribution in [0.2, 0.25) is 0 Å². The van der Waals surface area contributed by atoms with Gasteiger partial charge in [-0.05, 0) is 43.3 Å². The molecule has 1 heterocycles. The molecule has 1 aromatic heterocycles. The van der Waals surface area contributed by atoms with Crippen molar-refractivity contribution in [3.8, 4) is 68.7 Å². The van der Waals surface area contributed by atoms with Crippen LogP contribution < -0.4 is 4.74 Å². The number of esters is 1. The molecule has 0 aliphatic carbocycles. The molecule has 4 rings (SSSR count). The quantitative estimate of drug-likeness (QED) is 0.250. The van der Waals surface area contributed by atoms with Gasteiger partial charge in [-0.1, -0.05) is 0 Å². The van der Waals surface area contributed by atoms with E-state index in [0.717, 1.165) is 12.1 Å². The summed E-state index contributed by atoms with van der Waals surface area (Å²) in [5, 5.41) is 50.7. The predicted octanol–water partition coefficient (Wildman–Crippen LogP) is 3.34. The highest BCUT2D eigenvalue weighted by Crippen LogP contribution is 2.37. The van der Waals surface area contributed by atoms with E-state index in [-0.39, 0.29) is 68.7 Å². The van der Waals surface area contributed by atoms with Crippen LogP contribution in [-0.4, -0.2) is 59.7 Å². The van der Waals surface area contributed by atoms with Gasteiger partial charge in [0.15, 0.2) is 23.6 Å². The highest BCUT2D eigenvalue weighted by molar-refractivity contribution is 5.76. The predicted molar refractivity (Wildman–Crippen MR) is 127 cm³/mol. The second kappa shape index (κ2) is 9.66. The molecule has 0 saturated carbocycles. The minimum atomic E-state index is -0.912. The van der Waals surface area contributed by atoms with Crippen molar-refractivity contribution in [2.75, 3.05) is 7.11 Å². The van der Waals surface area contributed by atoms with E-state index in [4.69, 9.17) is 4.74 Å². The van der Waals surface area contributed by atoms with Gasteiger partial charge >= 0.3 is 5.97 Å². The maximum atomic E-state index is 11.6. The van der Waals surface area contributed by atoms with Crippen molar-refractivity contribution >= 4 is 5.97 Å². The van der Waals surface area contributed by atoms with Gasteiger partial charge in [-0.25, -0.2) is 19.7 Å². The van der Waals surface area contributed by atoms with Gasteiger partial charge < -0.3 is 35.0 Å². The summed E-state index contributed by atoms with van der Waals surface area (Å²) in [4.78, 5) is 24.7. The maximum Gasteiger partial charge on any atom is 0.346 e. The van der Waals surface area contributed by atoms with E-state index in [1.807, 2.05) is 0 Å². The molecule has 4 aromatic rings. The number of hydrogen-bond donors (Lipinski definition) is 5. The van der Waals surface area contributed by atoms with Crippen molar-refractivity contribution in [1.29, 1.82) is 0 Å². The van der Waals surface area contributed by atoms with Crippen molar-refractivity contribution in [3.63, 3.8) is 0 Å². The van der Waals surface area contributed by atoms with Crippen LogP contribution >= 0.6 is 0 Å². The van der Waals surface area contributed by atoms with E-state index in [1.54, 1.807) is 0 Å². The Morgan fingerprint density at radius 3 is 1.50 bits per heavy atom. The number of carbonyl (C=O) groups is 1. The molecule has 0 aliphatic heterocycles. The second-order valence-electron chi connectivity index (χ2n) is 7.67. The van der Waals surface area contributed by atoms with E-state index in [0.29, 0.717) is 0 Å².